The lowest BCUT2D eigenvalue weighted by atomic mass is 10.1. The molecule has 5 nitrogen and oxygen atoms in total. The lowest BCUT2D eigenvalue weighted by Gasteiger charge is -2.07. The fourth-order valence-electron chi connectivity index (χ4n) is 2.38. The lowest BCUT2D eigenvalue weighted by molar-refractivity contribution is -0.143. The van der Waals surface area contributed by atoms with Crippen molar-refractivity contribution in [3.05, 3.63) is 89.1 Å². The summed E-state index contributed by atoms with van der Waals surface area (Å²) in [4.78, 5) is 28.2. The second kappa shape index (κ2) is 8.96. The summed E-state index contributed by atoms with van der Waals surface area (Å²) < 4.78 is 5.13. The molecule has 0 unspecified atom stereocenters. The van der Waals surface area contributed by atoms with Crippen LogP contribution < -0.4 is 5.32 Å². The van der Waals surface area contributed by atoms with Crippen molar-refractivity contribution in [2.24, 2.45) is 0 Å². The van der Waals surface area contributed by atoms with Crippen molar-refractivity contribution in [2.75, 3.05) is 6.54 Å². The molecule has 0 saturated heterocycles. The fraction of sp³-hybridized carbons (Fsp3) is 0.0952. The number of esters is 1. The number of halogens is 1. The van der Waals surface area contributed by atoms with Crippen molar-refractivity contribution in [3.8, 4) is 11.3 Å². The number of ether oxygens (including phenoxy) is 1. The Morgan fingerprint density at radius 3 is 2.37 bits per heavy atom. The molecular formula is C21H17ClN2O3. The number of hydrogen-bond donors (Lipinski definition) is 1. The Hall–Kier alpha value is -3.18. The van der Waals surface area contributed by atoms with Gasteiger partial charge in [0.05, 0.1) is 10.7 Å². The van der Waals surface area contributed by atoms with E-state index < -0.39 is 5.97 Å². The van der Waals surface area contributed by atoms with E-state index in [1.165, 1.54) is 0 Å². The van der Waals surface area contributed by atoms with Crippen LogP contribution >= 0.6 is 11.6 Å². The molecule has 1 N–H and O–H groups in total. The maximum Gasteiger partial charge on any atom is 0.325 e. The topological polar surface area (TPSA) is 68.3 Å². The van der Waals surface area contributed by atoms with Gasteiger partial charge in [0.2, 0.25) is 0 Å². The van der Waals surface area contributed by atoms with E-state index in [1.807, 2.05) is 30.3 Å². The molecule has 0 spiro atoms. The molecule has 136 valence electrons. The molecule has 0 radical (unpaired) electrons. The van der Waals surface area contributed by atoms with Crippen molar-refractivity contribution in [2.45, 2.75) is 6.61 Å². The van der Waals surface area contributed by atoms with Crippen LogP contribution in [0.4, 0.5) is 0 Å². The third-order valence-electron chi connectivity index (χ3n) is 3.81. The Morgan fingerprint density at radius 2 is 1.70 bits per heavy atom. The van der Waals surface area contributed by atoms with Crippen LogP contribution in [0.15, 0.2) is 72.9 Å². The first-order chi connectivity index (χ1) is 13.1. The molecule has 6 heteroatoms. The van der Waals surface area contributed by atoms with E-state index in [0.29, 0.717) is 10.6 Å². The first-order valence-electron chi connectivity index (χ1n) is 8.31. The molecule has 3 aromatic rings. The normalized spacial score (nSPS) is 10.3. The van der Waals surface area contributed by atoms with Crippen LogP contribution in [-0.2, 0) is 16.1 Å². The van der Waals surface area contributed by atoms with E-state index in [9.17, 15) is 9.59 Å². The quantitative estimate of drug-likeness (QED) is 0.659. The molecule has 0 fully saturated rings. The number of benzene rings is 2. The average Bonchev–Trinajstić information content (AvgIpc) is 2.72. The van der Waals surface area contributed by atoms with E-state index in [0.717, 1.165) is 16.8 Å². The van der Waals surface area contributed by atoms with Gasteiger partial charge in [-0.1, -0.05) is 54.1 Å². The minimum Gasteiger partial charge on any atom is -0.460 e. The van der Waals surface area contributed by atoms with Gasteiger partial charge in [-0.25, -0.2) is 0 Å². The predicted octanol–water partition coefficient (Wildman–Crippen LogP) is 3.88. The summed E-state index contributed by atoms with van der Waals surface area (Å²) in [6.45, 7) is -0.00943. The molecule has 0 aliphatic carbocycles. The molecular weight excluding hydrogens is 364 g/mol. The third-order valence-corrected chi connectivity index (χ3v) is 4.03. The number of hydrogen-bond acceptors (Lipinski definition) is 4. The standard InChI is InChI=1S/C21H17ClN2O3/c22-18-10-11-19(23-12-18)16-6-8-17(9-7-16)21(26)24-13-20(25)27-14-15-4-2-1-3-5-15/h1-12H,13-14H2,(H,24,26). The molecule has 0 aliphatic heterocycles. The van der Waals surface area contributed by atoms with Crippen LogP contribution in [0.2, 0.25) is 5.02 Å². The van der Waals surface area contributed by atoms with Gasteiger partial charge in [-0.2, -0.15) is 0 Å². The molecule has 1 heterocycles. The summed E-state index contributed by atoms with van der Waals surface area (Å²) in [6.07, 6.45) is 1.57. The summed E-state index contributed by atoms with van der Waals surface area (Å²) in [7, 11) is 0. The van der Waals surface area contributed by atoms with Gasteiger partial charge in [0.25, 0.3) is 5.91 Å². The zero-order chi connectivity index (χ0) is 19.1. The van der Waals surface area contributed by atoms with E-state index in [-0.39, 0.29) is 19.1 Å². The van der Waals surface area contributed by atoms with Crippen LogP contribution in [0, 0.1) is 0 Å². The van der Waals surface area contributed by atoms with Gasteiger partial charge in [-0.05, 0) is 29.8 Å². The van der Waals surface area contributed by atoms with Crippen molar-refractivity contribution in [1.82, 2.24) is 10.3 Å². The molecule has 27 heavy (non-hydrogen) atoms. The smallest absolute Gasteiger partial charge is 0.325 e. The minimum atomic E-state index is -0.491. The molecule has 0 atom stereocenters. The predicted molar refractivity (Wildman–Crippen MR) is 103 cm³/mol. The third kappa shape index (κ3) is 5.39. The van der Waals surface area contributed by atoms with E-state index in [1.54, 1.807) is 42.6 Å². The van der Waals surface area contributed by atoms with Gasteiger partial charge in [-0.15, -0.1) is 0 Å². The van der Waals surface area contributed by atoms with Gasteiger partial charge in [0.15, 0.2) is 0 Å². The van der Waals surface area contributed by atoms with Gasteiger partial charge >= 0.3 is 5.97 Å². The first kappa shape index (κ1) is 18.6. The van der Waals surface area contributed by atoms with Crippen molar-refractivity contribution >= 4 is 23.5 Å². The van der Waals surface area contributed by atoms with Crippen LogP contribution in [-0.4, -0.2) is 23.4 Å². The highest BCUT2D eigenvalue weighted by Crippen LogP contribution is 2.19. The molecule has 0 aliphatic rings. The zero-order valence-electron chi connectivity index (χ0n) is 14.4. The molecule has 0 bridgehead atoms. The van der Waals surface area contributed by atoms with Gasteiger partial charge in [-0.3, -0.25) is 14.6 Å². The summed E-state index contributed by atoms with van der Waals surface area (Å²) in [5.41, 5.74) is 2.97. The highest BCUT2D eigenvalue weighted by atomic mass is 35.5. The van der Waals surface area contributed by atoms with Crippen LogP contribution in [0.5, 0.6) is 0 Å². The molecule has 2 aromatic carbocycles. The number of amides is 1. The number of aromatic nitrogens is 1. The number of carbonyl (C=O) groups excluding carboxylic acids is 2. The number of nitrogens with zero attached hydrogens (tertiary/aromatic N) is 1. The number of carbonyl (C=O) groups is 2. The van der Waals surface area contributed by atoms with Crippen molar-refractivity contribution in [3.63, 3.8) is 0 Å². The summed E-state index contributed by atoms with van der Waals surface area (Å²) in [6, 6.07) is 19.9. The monoisotopic (exact) mass is 380 g/mol. The Kier molecular flexibility index (Phi) is 6.18. The maximum absolute atomic E-state index is 12.2. The zero-order valence-corrected chi connectivity index (χ0v) is 15.1. The summed E-state index contributed by atoms with van der Waals surface area (Å²) in [5, 5.41) is 3.12. The largest absolute Gasteiger partial charge is 0.460 e. The number of pyridine rings is 1. The van der Waals surface area contributed by atoms with Gasteiger partial charge in [0, 0.05) is 17.3 Å². The van der Waals surface area contributed by atoms with Gasteiger partial charge in [0.1, 0.15) is 13.2 Å². The summed E-state index contributed by atoms with van der Waals surface area (Å²) in [5.74, 6) is -0.837. The van der Waals surface area contributed by atoms with Gasteiger partial charge < -0.3 is 10.1 Å². The molecule has 1 amide bonds. The minimum absolute atomic E-state index is 0.179. The second-order valence-corrected chi connectivity index (χ2v) is 6.20. The van der Waals surface area contributed by atoms with E-state index in [4.69, 9.17) is 16.3 Å². The van der Waals surface area contributed by atoms with E-state index >= 15 is 0 Å². The van der Waals surface area contributed by atoms with E-state index in [2.05, 4.69) is 10.3 Å². The Morgan fingerprint density at radius 1 is 0.963 bits per heavy atom. The first-order valence-corrected chi connectivity index (χ1v) is 8.69. The Balaban J connectivity index is 1.50. The molecule has 0 saturated carbocycles. The van der Waals surface area contributed by atoms with Crippen LogP contribution in [0.3, 0.4) is 0 Å². The fourth-order valence-corrected chi connectivity index (χ4v) is 2.49. The second-order valence-electron chi connectivity index (χ2n) is 5.77. The lowest BCUT2D eigenvalue weighted by Crippen LogP contribution is -2.30. The number of rotatable bonds is 6. The van der Waals surface area contributed by atoms with Crippen molar-refractivity contribution in [1.29, 1.82) is 0 Å². The maximum atomic E-state index is 12.2. The Bertz CT molecular complexity index is 910. The molecule has 3 rings (SSSR count). The van der Waals surface area contributed by atoms with Crippen LogP contribution in [0.1, 0.15) is 15.9 Å². The highest BCUT2D eigenvalue weighted by Gasteiger charge is 2.10. The van der Waals surface area contributed by atoms with Crippen LogP contribution in [0.25, 0.3) is 11.3 Å². The average molecular weight is 381 g/mol. The van der Waals surface area contributed by atoms with Crippen molar-refractivity contribution < 1.29 is 14.3 Å². The SMILES string of the molecule is O=C(CNC(=O)c1ccc(-c2ccc(Cl)cn2)cc1)OCc1ccccc1. The highest BCUT2D eigenvalue weighted by molar-refractivity contribution is 6.30. The summed E-state index contributed by atoms with van der Waals surface area (Å²) >= 11 is 5.83. The Labute approximate surface area is 162 Å². The number of nitrogens with one attached hydrogen (secondary N) is 1. The molecule has 1 aromatic heterocycles.